The molecule has 1 fully saturated rings. The highest BCUT2D eigenvalue weighted by molar-refractivity contribution is 5.75. The third-order valence-corrected chi connectivity index (χ3v) is 3.72. The minimum atomic E-state index is -0.450. The molecular formula is C13H25NO2. The maximum Gasteiger partial charge on any atom is 0.323 e. The predicted molar refractivity (Wildman–Crippen MR) is 65.0 cm³/mol. The molecular weight excluding hydrogens is 202 g/mol. The number of hydrogen-bond donors (Lipinski definition) is 1. The summed E-state index contributed by atoms with van der Waals surface area (Å²) in [6.07, 6.45) is 7.20. The molecule has 1 aliphatic rings. The van der Waals surface area contributed by atoms with Crippen molar-refractivity contribution >= 4 is 5.97 Å². The fraction of sp³-hybridized carbons (Fsp3) is 0.923. The Balaban J connectivity index is 2.23. The van der Waals surface area contributed by atoms with Crippen molar-refractivity contribution in [1.29, 1.82) is 0 Å². The Morgan fingerprint density at radius 3 is 2.56 bits per heavy atom. The fourth-order valence-corrected chi connectivity index (χ4v) is 2.14. The van der Waals surface area contributed by atoms with E-state index in [1.165, 1.54) is 32.1 Å². The standard InChI is InChI=1S/C13H25NO2/c1-3-10(2)12(14)13(15)16-9-11-7-5-4-6-8-11/h10-12H,3-9,14H2,1-2H3/t10?,12-/m0/s1. The summed E-state index contributed by atoms with van der Waals surface area (Å²) in [4.78, 5) is 11.6. The molecule has 0 aliphatic heterocycles. The van der Waals surface area contributed by atoms with Crippen molar-refractivity contribution in [2.24, 2.45) is 17.6 Å². The van der Waals surface area contributed by atoms with E-state index in [9.17, 15) is 4.79 Å². The first kappa shape index (κ1) is 13.5. The minimum absolute atomic E-state index is 0.207. The molecule has 0 aromatic rings. The molecule has 1 saturated carbocycles. The number of rotatable bonds is 5. The number of esters is 1. The summed E-state index contributed by atoms with van der Waals surface area (Å²) in [5, 5.41) is 0. The van der Waals surface area contributed by atoms with E-state index < -0.39 is 6.04 Å². The molecule has 0 bridgehead atoms. The number of carbonyl (C=O) groups is 1. The molecule has 0 radical (unpaired) electrons. The Kier molecular flexibility index (Phi) is 5.81. The van der Waals surface area contributed by atoms with Gasteiger partial charge in [0, 0.05) is 0 Å². The van der Waals surface area contributed by atoms with Gasteiger partial charge in [0.2, 0.25) is 0 Å². The Labute approximate surface area is 98.7 Å². The van der Waals surface area contributed by atoms with Crippen LogP contribution in [0.15, 0.2) is 0 Å². The Bertz CT molecular complexity index is 212. The Morgan fingerprint density at radius 1 is 1.38 bits per heavy atom. The lowest BCUT2D eigenvalue weighted by Crippen LogP contribution is -2.38. The van der Waals surface area contributed by atoms with Crippen molar-refractivity contribution in [3.63, 3.8) is 0 Å². The molecule has 1 unspecified atom stereocenters. The molecule has 0 spiro atoms. The largest absolute Gasteiger partial charge is 0.464 e. The molecule has 0 aromatic heterocycles. The molecule has 0 aromatic carbocycles. The average molecular weight is 227 g/mol. The van der Waals surface area contributed by atoms with Crippen LogP contribution >= 0.6 is 0 Å². The smallest absolute Gasteiger partial charge is 0.323 e. The average Bonchev–Trinajstić information content (AvgIpc) is 2.35. The number of nitrogens with two attached hydrogens (primary N) is 1. The van der Waals surface area contributed by atoms with Crippen LogP contribution in [0, 0.1) is 11.8 Å². The SMILES string of the molecule is CCC(C)[C@H](N)C(=O)OCC1CCCCC1. The normalized spacial score (nSPS) is 21.4. The zero-order valence-corrected chi connectivity index (χ0v) is 10.6. The first-order valence-electron chi connectivity index (χ1n) is 6.57. The van der Waals surface area contributed by atoms with E-state index in [1.54, 1.807) is 0 Å². The molecule has 1 rings (SSSR count). The van der Waals surface area contributed by atoms with Crippen molar-refractivity contribution in [2.75, 3.05) is 6.61 Å². The Morgan fingerprint density at radius 2 is 2.00 bits per heavy atom. The van der Waals surface area contributed by atoms with Crippen molar-refractivity contribution in [3.8, 4) is 0 Å². The summed E-state index contributed by atoms with van der Waals surface area (Å²) in [5.41, 5.74) is 5.81. The highest BCUT2D eigenvalue weighted by Crippen LogP contribution is 2.23. The summed E-state index contributed by atoms with van der Waals surface area (Å²) >= 11 is 0. The summed E-state index contributed by atoms with van der Waals surface area (Å²) in [6.45, 7) is 4.61. The quantitative estimate of drug-likeness (QED) is 0.734. The van der Waals surface area contributed by atoms with Gasteiger partial charge in [-0.05, 0) is 24.7 Å². The lowest BCUT2D eigenvalue weighted by molar-refractivity contribution is -0.148. The second-order valence-corrected chi connectivity index (χ2v) is 5.05. The topological polar surface area (TPSA) is 52.3 Å². The summed E-state index contributed by atoms with van der Waals surface area (Å²) in [5.74, 6) is 0.556. The summed E-state index contributed by atoms with van der Waals surface area (Å²) in [6, 6.07) is -0.450. The molecule has 1 aliphatic carbocycles. The number of ether oxygens (including phenoxy) is 1. The van der Waals surface area contributed by atoms with Crippen LogP contribution < -0.4 is 5.73 Å². The van der Waals surface area contributed by atoms with Crippen LogP contribution in [0.3, 0.4) is 0 Å². The molecule has 0 amide bonds. The fourth-order valence-electron chi connectivity index (χ4n) is 2.14. The third-order valence-electron chi connectivity index (χ3n) is 3.72. The maximum absolute atomic E-state index is 11.6. The molecule has 3 nitrogen and oxygen atoms in total. The second kappa shape index (κ2) is 6.89. The van der Waals surface area contributed by atoms with Gasteiger partial charge in [-0.3, -0.25) is 4.79 Å². The van der Waals surface area contributed by atoms with Gasteiger partial charge in [0.25, 0.3) is 0 Å². The van der Waals surface area contributed by atoms with Crippen LogP contribution in [-0.2, 0) is 9.53 Å². The van der Waals surface area contributed by atoms with Gasteiger partial charge in [-0.15, -0.1) is 0 Å². The first-order valence-corrected chi connectivity index (χ1v) is 6.57. The van der Waals surface area contributed by atoms with Gasteiger partial charge in [0.15, 0.2) is 0 Å². The molecule has 2 atom stereocenters. The van der Waals surface area contributed by atoms with Crippen molar-refractivity contribution in [2.45, 2.75) is 58.4 Å². The van der Waals surface area contributed by atoms with E-state index >= 15 is 0 Å². The van der Waals surface area contributed by atoms with Gasteiger partial charge in [0.1, 0.15) is 6.04 Å². The van der Waals surface area contributed by atoms with Gasteiger partial charge >= 0.3 is 5.97 Å². The minimum Gasteiger partial charge on any atom is -0.464 e. The van der Waals surface area contributed by atoms with Crippen LogP contribution in [0.25, 0.3) is 0 Å². The van der Waals surface area contributed by atoms with Gasteiger partial charge in [-0.25, -0.2) is 0 Å². The molecule has 0 heterocycles. The van der Waals surface area contributed by atoms with Gasteiger partial charge in [0.05, 0.1) is 6.61 Å². The summed E-state index contributed by atoms with van der Waals surface area (Å²) < 4.78 is 5.30. The zero-order valence-electron chi connectivity index (χ0n) is 10.6. The third kappa shape index (κ3) is 4.12. The van der Waals surface area contributed by atoms with Crippen LogP contribution in [-0.4, -0.2) is 18.6 Å². The van der Waals surface area contributed by atoms with E-state index in [2.05, 4.69) is 0 Å². The van der Waals surface area contributed by atoms with Crippen LogP contribution in [0.5, 0.6) is 0 Å². The van der Waals surface area contributed by atoms with Crippen molar-refractivity contribution in [3.05, 3.63) is 0 Å². The molecule has 2 N–H and O–H groups in total. The van der Waals surface area contributed by atoms with Crippen LogP contribution in [0.1, 0.15) is 52.4 Å². The second-order valence-electron chi connectivity index (χ2n) is 5.05. The van der Waals surface area contributed by atoms with E-state index in [0.29, 0.717) is 12.5 Å². The number of carbonyl (C=O) groups excluding carboxylic acids is 1. The van der Waals surface area contributed by atoms with Crippen molar-refractivity contribution < 1.29 is 9.53 Å². The molecule has 3 heteroatoms. The van der Waals surface area contributed by atoms with Crippen molar-refractivity contribution in [1.82, 2.24) is 0 Å². The summed E-state index contributed by atoms with van der Waals surface area (Å²) in [7, 11) is 0. The molecule has 16 heavy (non-hydrogen) atoms. The van der Waals surface area contributed by atoms with Gasteiger partial charge in [-0.1, -0.05) is 39.5 Å². The predicted octanol–water partition coefficient (Wildman–Crippen LogP) is 2.48. The first-order chi connectivity index (χ1) is 7.65. The van der Waals surface area contributed by atoms with Gasteiger partial charge < -0.3 is 10.5 Å². The lowest BCUT2D eigenvalue weighted by atomic mass is 9.90. The van der Waals surface area contributed by atoms with Crippen LogP contribution in [0.4, 0.5) is 0 Å². The monoisotopic (exact) mass is 227 g/mol. The zero-order chi connectivity index (χ0) is 12.0. The van der Waals surface area contributed by atoms with Crippen LogP contribution in [0.2, 0.25) is 0 Å². The highest BCUT2D eigenvalue weighted by atomic mass is 16.5. The lowest BCUT2D eigenvalue weighted by Gasteiger charge is -2.23. The maximum atomic E-state index is 11.6. The molecule has 94 valence electrons. The molecule has 0 saturated heterocycles. The van der Waals surface area contributed by atoms with E-state index in [1.807, 2.05) is 13.8 Å². The van der Waals surface area contributed by atoms with Gasteiger partial charge in [-0.2, -0.15) is 0 Å². The van der Waals surface area contributed by atoms with E-state index in [4.69, 9.17) is 10.5 Å². The van der Waals surface area contributed by atoms with E-state index in [-0.39, 0.29) is 11.9 Å². The highest BCUT2D eigenvalue weighted by Gasteiger charge is 2.22. The Hall–Kier alpha value is -0.570. The van der Waals surface area contributed by atoms with E-state index in [0.717, 1.165) is 6.42 Å². The number of hydrogen-bond acceptors (Lipinski definition) is 3.